The molecule has 0 aromatic rings. The van der Waals surface area contributed by atoms with E-state index in [1.807, 2.05) is 27.7 Å². The topological polar surface area (TPSA) is 37.4 Å². The predicted octanol–water partition coefficient (Wildman–Crippen LogP) is 1.46. The monoisotopic (exact) mass is 193 g/mol. The SMILES string of the molecule is CCN(C(C)(C)C)S(=O)(=O)CC. The highest BCUT2D eigenvalue weighted by molar-refractivity contribution is 7.89. The Balaban J connectivity index is 4.82. The maximum absolute atomic E-state index is 11.5. The molecule has 12 heavy (non-hydrogen) atoms. The van der Waals surface area contributed by atoms with Gasteiger partial charge in [0.05, 0.1) is 5.75 Å². The van der Waals surface area contributed by atoms with E-state index in [1.54, 1.807) is 6.92 Å². The second kappa shape index (κ2) is 3.75. The molecular formula is C8H19NO2S. The van der Waals surface area contributed by atoms with E-state index in [-0.39, 0.29) is 11.3 Å². The average Bonchev–Trinajstić information content (AvgIpc) is 1.85. The Hall–Kier alpha value is -0.0900. The zero-order valence-corrected chi connectivity index (χ0v) is 9.40. The molecule has 0 saturated carbocycles. The van der Waals surface area contributed by atoms with Gasteiger partial charge >= 0.3 is 0 Å². The molecular weight excluding hydrogens is 174 g/mol. The van der Waals surface area contributed by atoms with Gasteiger partial charge in [0.2, 0.25) is 10.0 Å². The van der Waals surface area contributed by atoms with Crippen LogP contribution in [0.1, 0.15) is 34.6 Å². The van der Waals surface area contributed by atoms with Gasteiger partial charge in [-0.05, 0) is 27.7 Å². The molecule has 0 aliphatic rings. The summed E-state index contributed by atoms with van der Waals surface area (Å²) in [4.78, 5) is 0. The fourth-order valence-electron chi connectivity index (χ4n) is 1.24. The van der Waals surface area contributed by atoms with Crippen LogP contribution in [0.25, 0.3) is 0 Å². The highest BCUT2D eigenvalue weighted by Crippen LogP contribution is 2.17. The maximum atomic E-state index is 11.5. The first kappa shape index (κ1) is 11.9. The van der Waals surface area contributed by atoms with Crippen molar-refractivity contribution >= 4 is 10.0 Å². The van der Waals surface area contributed by atoms with Crippen LogP contribution in [-0.4, -0.2) is 30.6 Å². The molecule has 0 aromatic heterocycles. The lowest BCUT2D eigenvalue weighted by atomic mass is 10.1. The van der Waals surface area contributed by atoms with E-state index in [4.69, 9.17) is 0 Å². The van der Waals surface area contributed by atoms with Gasteiger partial charge in [-0.15, -0.1) is 0 Å². The van der Waals surface area contributed by atoms with Gasteiger partial charge in [-0.3, -0.25) is 0 Å². The lowest BCUT2D eigenvalue weighted by Crippen LogP contribution is -2.45. The first-order chi connectivity index (χ1) is 5.25. The zero-order chi connectivity index (χ0) is 9.99. The van der Waals surface area contributed by atoms with Crippen molar-refractivity contribution in [2.75, 3.05) is 12.3 Å². The summed E-state index contributed by atoms with van der Waals surface area (Å²) in [5.74, 6) is 0.179. The molecule has 0 fully saturated rings. The van der Waals surface area contributed by atoms with Gasteiger partial charge in [-0.2, -0.15) is 4.31 Å². The fourth-order valence-corrected chi connectivity index (χ4v) is 2.78. The molecule has 0 unspecified atom stereocenters. The molecule has 0 atom stereocenters. The first-order valence-corrected chi connectivity index (χ1v) is 5.87. The van der Waals surface area contributed by atoms with Crippen molar-refractivity contribution < 1.29 is 8.42 Å². The van der Waals surface area contributed by atoms with Gasteiger partial charge in [0, 0.05) is 12.1 Å². The standard InChI is InChI=1S/C8H19NO2S/c1-6-9(8(3,4)5)12(10,11)7-2/h6-7H2,1-5H3. The van der Waals surface area contributed by atoms with Crippen LogP contribution in [0.2, 0.25) is 0 Å². The first-order valence-electron chi connectivity index (χ1n) is 4.26. The Morgan fingerprint density at radius 3 is 1.67 bits per heavy atom. The van der Waals surface area contributed by atoms with Crippen molar-refractivity contribution in [3.8, 4) is 0 Å². The van der Waals surface area contributed by atoms with Crippen LogP contribution < -0.4 is 0 Å². The summed E-state index contributed by atoms with van der Waals surface area (Å²) in [6.07, 6.45) is 0. The van der Waals surface area contributed by atoms with Crippen molar-refractivity contribution in [2.24, 2.45) is 0 Å². The number of rotatable bonds is 3. The second-order valence-corrected chi connectivity index (χ2v) is 5.92. The van der Waals surface area contributed by atoms with Gasteiger partial charge in [-0.25, -0.2) is 8.42 Å². The Bertz CT molecular complexity index is 226. The highest BCUT2D eigenvalue weighted by atomic mass is 32.2. The molecule has 0 aliphatic heterocycles. The molecule has 0 aromatic carbocycles. The van der Waals surface area contributed by atoms with E-state index in [0.717, 1.165) is 0 Å². The normalized spacial score (nSPS) is 13.8. The minimum absolute atomic E-state index is 0.179. The van der Waals surface area contributed by atoms with Gasteiger partial charge < -0.3 is 0 Å². The van der Waals surface area contributed by atoms with Gasteiger partial charge in [0.15, 0.2) is 0 Å². The van der Waals surface area contributed by atoms with Gasteiger partial charge in [0.25, 0.3) is 0 Å². The number of hydrogen-bond donors (Lipinski definition) is 0. The van der Waals surface area contributed by atoms with E-state index in [0.29, 0.717) is 6.54 Å². The maximum Gasteiger partial charge on any atom is 0.214 e. The summed E-state index contributed by atoms with van der Waals surface area (Å²) in [7, 11) is -3.03. The van der Waals surface area contributed by atoms with E-state index >= 15 is 0 Å². The summed E-state index contributed by atoms with van der Waals surface area (Å²) in [5.41, 5.74) is -0.302. The number of hydrogen-bond acceptors (Lipinski definition) is 2. The number of nitrogens with zero attached hydrogens (tertiary/aromatic N) is 1. The highest BCUT2D eigenvalue weighted by Gasteiger charge is 2.29. The molecule has 3 nitrogen and oxygen atoms in total. The molecule has 0 rings (SSSR count). The molecule has 0 heterocycles. The molecule has 0 saturated heterocycles. The molecule has 0 radical (unpaired) electrons. The quantitative estimate of drug-likeness (QED) is 0.680. The van der Waals surface area contributed by atoms with Crippen molar-refractivity contribution in [1.29, 1.82) is 0 Å². The Morgan fingerprint density at radius 1 is 1.17 bits per heavy atom. The lowest BCUT2D eigenvalue weighted by Gasteiger charge is -2.33. The minimum Gasteiger partial charge on any atom is -0.212 e. The van der Waals surface area contributed by atoms with E-state index in [2.05, 4.69) is 0 Å². The summed E-state index contributed by atoms with van der Waals surface area (Å²) in [6, 6.07) is 0. The van der Waals surface area contributed by atoms with Crippen molar-refractivity contribution in [2.45, 2.75) is 40.2 Å². The molecule has 0 amide bonds. The lowest BCUT2D eigenvalue weighted by molar-refractivity contribution is 0.260. The van der Waals surface area contributed by atoms with Crippen molar-refractivity contribution in [1.82, 2.24) is 4.31 Å². The summed E-state index contributed by atoms with van der Waals surface area (Å²) < 4.78 is 24.5. The molecule has 0 N–H and O–H groups in total. The van der Waals surface area contributed by atoms with Gasteiger partial charge in [0.1, 0.15) is 0 Å². The third-order valence-corrected chi connectivity index (χ3v) is 3.94. The van der Waals surface area contributed by atoms with Crippen LogP contribution in [0.15, 0.2) is 0 Å². The van der Waals surface area contributed by atoms with Gasteiger partial charge in [-0.1, -0.05) is 6.92 Å². The molecule has 0 spiro atoms. The van der Waals surface area contributed by atoms with Crippen LogP contribution in [0.4, 0.5) is 0 Å². The van der Waals surface area contributed by atoms with Crippen molar-refractivity contribution in [3.05, 3.63) is 0 Å². The van der Waals surface area contributed by atoms with E-state index < -0.39 is 10.0 Å². The van der Waals surface area contributed by atoms with Crippen LogP contribution in [0, 0.1) is 0 Å². The third kappa shape index (κ3) is 2.75. The molecule has 74 valence electrons. The van der Waals surface area contributed by atoms with Crippen LogP contribution in [0.3, 0.4) is 0 Å². The van der Waals surface area contributed by atoms with Crippen LogP contribution in [-0.2, 0) is 10.0 Å². The van der Waals surface area contributed by atoms with E-state index in [1.165, 1.54) is 4.31 Å². The molecule has 4 heteroatoms. The average molecular weight is 193 g/mol. The molecule has 0 aliphatic carbocycles. The summed E-state index contributed by atoms with van der Waals surface area (Å²) in [5, 5.41) is 0. The predicted molar refractivity (Wildman–Crippen MR) is 51.6 cm³/mol. The second-order valence-electron chi connectivity index (χ2n) is 3.74. The van der Waals surface area contributed by atoms with Crippen LogP contribution >= 0.6 is 0 Å². The largest absolute Gasteiger partial charge is 0.214 e. The third-order valence-electron chi connectivity index (χ3n) is 1.74. The Morgan fingerprint density at radius 2 is 1.58 bits per heavy atom. The van der Waals surface area contributed by atoms with Crippen molar-refractivity contribution in [3.63, 3.8) is 0 Å². The fraction of sp³-hybridized carbons (Fsp3) is 1.00. The Labute approximate surface area is 75.8 Å². The summed E-state index contributed by atoms with van der Waals surface area (Å²) >= 11 is 0. The minimum atomic E-state index is -3.03. The summed E-state index contributed by atoms with van der Waals surface area (Å²) in [6.45, 7) is 9.79. The van der Waals surface area contributed by atoms with Crippen LogP contribution in [0.5, 0.6) is 0 Å². The molecule has 0 bridgehead atoms. The smallest absolute Gasteiger partial charge is 0.212 e. The number of sulfonamides is 1. The Kier molecular flexibility index (Phi) is 3.72. The zero-order valence-electron chi connectivity index (χ0n) is 8.59. The van der Waals surface area contributed by atoms with E-state index in [9.17, 15) is 8.42 Å².